The van der Waals surface area contributed by atoms with Gasteiger partial charge in [0.15, 0.2) is 0 Å². The Bertz CT molecular complexity index is 176. The van der Waals surface area contributed by atoms with Crippen molar-refractivity contribution in [3.8, 4) is 0 Å². The van der Waals surface area contributed by atoms with Crippen LogP contribution in [0.5, 0.6) is 0 Å². The summed E-state index contributed by atoms with van der Waals surface area (Å²) in [5.74, 6) is 1.67. The largest absolute Gasteiger partial charge is 0.468 e. The molecular formula is C10H21NO2S. The molecule has 0 heterocycles. The molecule has 14 heavy (non-hydrogen) atoms. The maximum atomic E-state index is 11.4. The Balaban J connectivity index is 3.93. The molecule has 0 aliphatic heterocycles. The van der Waals surface area contributed by atoms with Crippen LogP contribution in [0.3, 0.4) is 0 Å². The molecular weight excluding hydrogens is 198 g/mol. The highest BCUT2D eigenvalue weighted by molar-refractivity contribution is 7.99. The van der Waals surface area contributed by atoms with Gasteiger partial charge in [0, 0.05) is 5.75 Å². The van der Waals surface area contributed by atoms with Gasteiger partial charge in [0.1, 0.15) is 5.54 Å². The molecule has 0 amide bonds. The second-order valence-corrected chi connectivity index (χ2v) is 4.58. The Labute approximate surface area is 91.0 Å². The van der Waals surface area contributed by atoms with Crippen molar-refractivity contribution in [1.82, 2.24) is 5.32 Å². The fraction of sp³-hybridized carbons (Fsp3) is 0.900. The highest BCUT2D eigenvalue weighted by Crippen LogP contribution is 2.15. The number of esters is 1. The Kier molecular flexibility index (Phi) is 7.01. The van der Waals surface area contributed by atoms with Gasteiger partial charge in [-0.05, 0) is 26.1 Å². The Hall–Kier alpha value is -0.220. The standard InChI is InChI=1S/C10H21NO2S/c1-5-6-7-14-8-10(2,11-3)9(12)13-4/h11H,5-8H2,1-4H3. The number of likely N-dealkylation sites (N-methyl/N-ethyl adjacent to an activating group) is 1. The van der Waals surface area contributed by atoms with Crippen molar-refractivity contribution in [3.63, 3.8) is 0 Å². The van der Waals surface area contributed by atoms with Crippen LogP contribution in [0.1, 0.15) is 26.7 Å². The lowest BCUT2D eigenvalue weighted by Crippen LogP contribution is -2.50. The highest BCUT2D eigenvalue weighted by Gasteiger charge is 2.32. The number of thioether (sulfide) groups is 1. The molecule has 0 aliphatic rings. The smallest absolute Gasteiger partial charge is 0.326 e. The molecule has 0 aliphatic carbocycles. The summed E-state index contributed by atoms with van der Waals surface area (Å²) in [7, 11) is 3.21. The van der Waals surface area contributed by atoms with Crippen molar-refractivity contribution < 1.29 is 9.53 Å². The topological polar surface area (TPSA) is 38.3 Å². The van der Waals surface area contributed by atoms with Crippen LogP contribution in [0.25, 0.3) is 0 Å². The van der Waals surface area contributed by atoms with E-state index in [1.165, 1.54) is 20.0 Å². The number of carbonyl (C=O) groups excluding carboxylic acids is 1. The molecule has 84 valence electrons. The lowest BCUT2D eigenvalue weighted by Gasteiger charge is -2.25. The summed E-state index contributed by atoms with van der Waals surface area (Å²) in [6.07, 6.45) is 2.40. The molecule has 1 N–H and O–H groups in total. The molecule has 0 fully saturated rings. The van der Waals surface area contributed by atoms with Gasteiger partial charge < -0.3 is 10.1 Å². The Morgan fingerprint density at radius 3 is 2.64 bits per heavy atom. The third kappa shape index (κ3) is 4.33. The van der Waals surface area contributed by atoms with E-state index in [1.54, 1.807) is 18.8 Å². The van der Waals surface area contributed by atoms with Crippen LogP contribution < -0.4 is 5.32 Å². The molecule has 0 aromatic rings. The third-order valence-corrected chi connectivity index (χ3v) is 3.58. The van der Waals surface area contributed by atoms with E-state index in [0.717, 1.165) is 11.5 Å². The number of unbranched alkanes of at least 4 members (excludes halogenated alkanes) is 1. The second kappa shape index (κ2) is 7.12. The minimum absolute atomic E-state index is 0.191. The van der Waals surface area contributed by atoms with Crippen molar-refractivity contribution in [2.75, 3.05) is 25.7 Å². The van der Waals surface area contributed by atoms with E-state index >= 15 is 0 Å². The van der Waals surface area contributed by atoms with Crippen LogP contribution in [-0.2, 0) is 9.53 Å². The van der Waals surface area contributed by atoms with Crippen molar-refractivity contribution in [1.29, 1.82) is 0 Å². The summed E-state index contributed by atoms with van der Waals surface area (Å²) in [6.45, 7) is 4.04. The Morgan fingerprint density at radius 1 is 1.57 bits per heavy atom. The quantitative estimate of drug-likeness (QED) is 0.522. The van der Waals surface area contributed by atoms with E-state index in [2.05, 4.69) is 12.2 Å². The monoisotopic (exact) mass is 219 g/mol. The molecule has 1 atom stereocenters. The van der Waals surface area contributed by atoms with E-state index in [0.29, 0.717) is 0 Å². The minimum atomic E-state index is -0.548. The average molecular weight is 219 g/mol. The van der Waals surface area contributed by atoms with Crippen molar-refractivity contribution in [2.24, 2.45) is 0 Å². The first-order chi connectivity index (χ1) is 6.60. The van der Waals surface area contributed by atoms with Crippen LogP contribution >= 0.6 is 11.8 Å². The fourth-order valence-corrected chi connectivity index (χ4v) is 2.29. The first-order valence-electron chi connectivity index (χ1n) is 4.95. The predicted molar refractivity (Wildman–Crippen MR) is 61.7 cm³/mol. The highest BCUT2D eigenvalue weighted by atomic mass is 32.2. The zero-order valence-corrected chi connectivity index (χ0v) is 10.4. The molecule has 0 aromatic carbocycles. The van der Waals surface area contributed by atoms with E-state index in [4.69, 9.17) is 4.74 Å². The van der Waals surface area contributed by atoms with E-state index < -0.39 is 5.54 Å². The predicted octanol–water partition coefficient (Wildman–Crippen LogP) is 1.67. The maximum Gasteiger partial charge on any atom is 0.326 e. The number of nitrogens with one attached hydrogen (secondary N) is 1. The lowest BCUT2D eigenvalue weighted by atomic mass is 10.1. The lowest BCUT2D eigenvalue weighted by molar-refractivity contribution is -0.146. The van der Waals surface area contributed by atoms with E-state index in [1.807, 2.05) is 6.92 Å². The summed E-state index contributed by atoms with van der Waals surface area (Å²) < 4.78 is 4.75. The molecule has 0 bridgehead atoms. The molecule has 0 rings (SSSR count). The zero-order valence-electron chi connectivity index (χ0n) is 9.55. The average Bonchev–Trinajstić information content (AvgIpc) is 2.22. The number of carbonyl (C=O) groups is 1. The number of hydrogen-bond acceptors (Lipinski definition) is 4. The van der Waals surface area contributed by atoms with E-state index in [-0.39, 0.29) is 5.97 Å². The van der Waals surface area contributed by atoms with Gasteiger partial charge in [0.05, 0.1) is 7.11 Å². The van der Waals surface area contributed by atoms with Gasteiger partial charge in [0.2, 0.25) is 0 Å². The van der Waals surface area contributed by atoms with E-state index in [9.17, 15) is 4.79 Å². The third-order valence-electron chi connectivity index (χ3n) is 2.22. The molecule has 0 spiro atoms. The molecule has 4 heteroatoms. The molecule has 0 radical (unpaired) electrons. The fourth-order valence-electron chi connectivity index (χ4n) is 0.981. The van der Waals surface area contributed by atoms with Gasteiger partial charge in [-0.3, -0.25) is 4.79 Å². The number of ether oxygens (including phenoxy) is 1. The maximum absolute atomic E-state index is 11.4. The first kappa shape index (κ1) is 13.8. The summed E-state index contributed by atoms with van der Waals surface area (Å²) in [5, 5.41) is 3.01. The summed E-state index contributed by atoms with van der Waals surface area (Å²) in [6, 6.07) is 0. The van der Waals surface area contributed by atoms with Crippen LogP contribution in [0.2, 0.25) is 0 Å². The van der Waals surface area contributed by atoms with Gasteiger partial charge in [-0.15, -0.1) is 0 Å². The summed E-state index contributed by atoms with van der Waals surface area (Å²) in [5.41, 5.74) is -0.548. The van der Waals surface area contributed by atoms with Gasteiger partial charge in [-0.1, -0.05) is 13.3 Å². The minimum Gasteiger partial charge on any atom is -0.468 e. The number of methoxy groups -OCH3 is 1. The molecule has 3 nitrogen and oxygen atoms in total. The summed E-state index contributed by atoms with van der Waals surface area (Å²) in [4.78, 5) is 11.4. The second-order valence-electron chi connectivity index (χ2n) is 3.48. The normalized spacial score (nSPS) is 14.9. The van der Waals surface area contributed by atoms with Crippen molar-refractivity contribution >= 4 is 17.7 Å². The van der Waals surface area contributed by atoms with Gasteiger partial charge in [0.25, 0.3) is 0 Å². The molecule has 0 aromatic heterocycles. The van der Waals surface area contributed by atoms with Crippen LogP contribution in [0, 0.1) is 0 Å². The Morgan fingerprint density at radius 2 is 2.21 bits per heavy atom. The molecule has 0 saturated carbocycles. The zero-order chi connectivity index (χ0) is 11.0. The van der Waals surface area contributed by atoms with Crippen molar-refractivity contribution in [2.45, 2.75) is 32.2 Å². The van der Waals surface area contributed by atoms with Gasteiger partial charge in [-0.2, -0.15) is 11.8 Å². The van der Waals surface area contributed by atoms with Gasteiger partial charge in [-0.25, -0.2) is 0 Å². The summed E-state index contributed by atoms with van der Waals surface area (Å²) >= 11 is 1.79. The van der Waals surface area contributed by atoms with Crippen LogP contribution in [0.15, 0.2) is 0 Å². The van der Waals surface area contributed by atoms with Gasteiger partial charge >= 0.3 is 5.97 Å². The molecule has 0 saturated heterocycles. The first-order valence-corrected chi connectivity index (χ1v) is 6.11. The van der Waals surface area contributed by atoms with Crippen LogP contribution in [0.4, 0.5) is 0 Å². The molecule has 1 unspecified atom stereocenters. The van der Waals surface area contributed by atoms with Crippen LogP contribution in [-0.4, -0.2) is 37.2 Å². The number of rotatable bonds is 7. The number of hydrogen-bond donors (Lipinski definition) is 1. The SMILES string of the molecule is CCCCSCC(C)(NC)C(=O)OC. The van der Waals surface area contributed by atoms with Crippen molar-refractivity contribution in [3.05, 3.63) is 0 Å².